The lowest BCUT2D eigenvalue weighted by Gasteiger charge is -2.08. The molecule has 0 saturated heterocycles. The zero-order valence-electron chi connectivity index (χ0n) is 14.6. The quantitative estimate of drug-likeness (QED) is 0.373. The van der Waals surface area contributed by atoms with Gasteiger partial charge in [-0.15, -0.1) is 11.3 Å². The maximum absolute atomic E-state index is 11.0. The number of hydrogen-bond acceptors (Lipinski definition) is 8. The normalized spacial score (nSPS) is 10.7. The van der Waals surface area contributed by atoms with Crippen LogP contribution in [0.15, 0.2) is 52.9 Å². The van der Waals surface area contributed by atoms with E-state index >= 15 is 0 Å². The summed E-state index contributed by atoms with van der Waals surface area (Å²) in [6.45, 7) is 0. The molecule has 0 aliphatic carbocycles. The molecule has 3 rings (SSSR count). The second-order valence-electron chi connectivity index (χ2n) is 5.29. The maximum atomic E-state index is 11.0. The van der Waals surface area contributed by atoms with E-state index in [-0.39, 0.29) is 5.69 Å². The second kappa shape index (κ2) is 8.28. The van der Waals surface area contributed by atoms with Crippen molar-refractivity contribution in [3.63, 3.8) is 0 Å². The number of ether oxygens (including phenoxy) is 2. The summed E-state index contributed by atoms with van der Waals surface area (Å²) in [6.07, 6.45) is 1.40. The van der Waals surface area contributed by atoms with Crippen molar-refractivity contribution >= 4 is 28.4 Å². The fourth-order valence-electron chi connectivity index (χ4n) is 2.37. The zero-order valence-corrected chi connectivity index (χ0v) is 15.4. The highest BCUT2D eigenvalue weighted by atomic mass is 32.1. The van der Waals surface area contributed by atoms with Crippen LogP contribution in [0, 0.1) is 10.1 Å². The lowest BCUT2D eigenvalue weighted by Crippen LogP contribution is -1.96. The fourth-order valence-corrected chi connectivity index (χ4v) is 3.04. The number of aromatic nitrogens is 1. The van der Waals surface area contributed by atoms with Gasteiger partial charge in [-0.25, -0.2) is 4.98 Å². The number of anilines is 1. The van der Waals surface area contributed by atoms with Crippen molar-refractivity contribution in [3.05, 3.63) is 63.5 Å². The summed E-state index contributed by atoms with van der Waals surface area (Å²) in [7, 11) is 3.16. The van der Waals surface area contributed by atoms with Crippen LogP contribution >= 0.6 is 11.3 Å². The molecule has 0 bridgehead atoms. The average molecular weight is 384 g/mol. The molecule has 0 aliphatic heterocycles. The topological polar surface area (TPSA) is 98.9 Å². The van der Waals surface area contributed by atoms with Gasteiger partial charge in [-0.1, -0.05) is 12.1 Å². The summed E-state index contributed by atoms with van der Waals surface area (Å²) in [5.74, 6) is 1.26. The molecule has 0 unspecified atom stereocenters. The summed E-state index contributed by atoms with van der Waals surface area (Å²) in [5.41, 5.74) is 4.83. The highest BCUT2D eigenvalue weighted by molar-refractivity contribution is 7.14. The van der Waals surface area contributed by atoms with Crippen LogP contribution in [0.3, 0.4) is 0 Å². The second-order valence-corrected chi connectivity index (χ2v) is 6.15. The third-order valence-electron chi connectivity index (χ3n) is 3.68. The van der Waals surface area contributed by atoms with Gasteiger partial charge in [-0.2, -0.15) is 5.10 Å². The van der Waals surface area contributed by atoms with Gasteiger partial charge in [0, 0.05) is 17.0 Å². The summed E-state index contributed by atoms with van der Waals surface area (Å²) in [6, 6.07) is 11.9. The first kappa shape index (κ1) is 18.3. The molecule has 27 heavy (non-hydrogen) atoms. The number of methoxy groups -OCH3 is 2. The molecule has 9 heteroatoms. The Bertz CT molecular complexity index is 987. The third-order valence-corrected chi connectivity index (χ3v) is 4.43. The molecule has 2 aromatic carbocycles. The summed E-state index contributed by atoms with van der Waals surface area (Å²) < 4.78 is 10.5. The van der Waals surface area contributed by atoms with Gasteiger partial charge in [0.2, 0.25) is 5.13 Å². The van der Waals surface area contributed by atoms with Crippen LogP contribution in [0.2, 0.25) is 0 Å². The Balaban J connectivity index is 1.75. The molecular weight excluding hydrogens is 368 g/mol. The molecule has 1 aromatic heterocycles. The molecule has 0 fully saturated rings. The SMILES string of the molecule is COc1ccc(-c2csc(N/N=C\c3ccccc3[N+](=O)[O-])n2)cc1OC. The van der Waals surface area contributed by atoms with E-state index in [1.54, 1.807) is 32.4 Å². The molecule has 1 heterocycles. The van der Waals surface area contributed by atoms with Crippen molar-refractivity contribution in [1.82, 2.24) is 4.98 Å². The Morgan fingerprint density at radius 3 is 2.70 bits per heavy atom. The molecule has 0 aliphatic rings. The Morgan fingerprint density at radius 1 is 1.19 bits per heavy atom. The first-order chi connectivity index (χ1) is 13.1. The number of hydrogen-bond donors (Lipinski definition) is 1. The van der Waals surface area contributed by atoms with Gasteiger partial charge in [0.25, 0.3) is 5.69 Å². The number of thiazole rings is 1. The van der Waals surface area contributed by atoms with E-state index in [1.165, 1.54) is 23.6 Å². The molecular formula is C18H16N4O4S. The molecule has 1 N–H and O–H groups in total. The highest BCUT2D eigenvalue weighted by Gasteiger charge is 2.11. The number of nitrogens with one attached hydrogen (secondary N) is 1. The van der Waals surface area contributed by atoms with Crippen molar-refractivity contribution in [3.8, 4) is 22.8 Å². The monoisotopic (exact) mass is 384 g/mol. The fraction of sp³-hybridized carbons (Fsp3) is 0.111. The van der Waals surface area contributed by atoms with E-state index in [4.69, 9.17) is 9.47 Å². The number of rotatable bonds is 7. The molecule has 0 amide bonds. The summed E-state index contributed by atoms with van der Waals surface area (Å²) >= 11 is 1.37. The van der Waals surface area contributed by atoms with Crippen LogP contribution in [-0.4, -0.2) is 30.3 Å². The first-order valence-corrected chi connectivity index (χ1v) is 8.70. The molecule has 0 spiro atoms. The van der Waals surface area contributed by atoms with Crippen LogP contribution in [0.4, 0.5) is 10.8 Å². The largest absolute Gasteiger partial charge is 0.493 e. The van der Waals surface area contributed by atoms with Crippen molar-refractivity contribution in [2.45, 2.75) is 0 Å². The van der Waals surface area contributed by atoms with Crippen LogP contribution in [0.5, 0.6) is 11.5 Å². The minimum Gasteiger partial charge on any atom is -0.493 e. The number of nitro benzene ring substituents is 1. The molecule has 0 atom stereocenters. The van der Waals surface area contributed by atoms with E-state index in [1.807, 2.05) is 23.6 Å². The van der Waals surface area contributed by atoms with Crippen LogP contribution in [0.1, 0.15) is 5.56 Å². The van der Waals surface area contributed by atoms with E-state index in [0.29, 0.717) is 22.2 Å². The van der Waals surface area contributed by atoms with Crippen LogP contribution in [0.25, 0.3) is 11.3 Å². The molecule has 0 radical (unpaired) electrons. The van der Waals surface area contributed by atoms with Crippen molar-refractivity contribution in [2.24, 2.45) is 5.10 Å². The summed E-state index contributed by atoms with van der Waals surface area (Å²) in [5, 5.41) is 17.5. The maximum Gasteiger partial charge on any atom is 0.278 e. The van der Waals surface area contributed by atoms with E-state index in [9.17, 15) is 10.1 Å². The Kier molecular flexibility index (Phi) is 5.62. The first-order valence-electron chi connectivity index (χ1n) is 7.83. The van der Waals surface area contributed by atoms with Crippen molar-refractivity contribution in [1.29, 1.82) is 0 Å². The van der Waals surface area contributed by atoms with Gasteiger partial charge < -0.3 is 9.47 Å². The molecule has 3 aromatic rings. The number of para-hydroxylation sites is 1. The Labute approximate surface area is 159 Å². The minimum atomic E-state index is -0.445. The van der Waals surface area contributed by atoms with Gasteiger partial charge >= 0.3 is 0 Å². The van der Waals surface area contributed by atoms with E-state index in [0.717, 1.165) is 11.3 Å². The third kappa shape index (κ3) is 4.21. The zero-order chi connectivity index (χ0) is 19.2. The molecule has 0 saturated carbocycles. The van der Waals surface area contributed by atoms with Gasteiger partial charge in [0.05, 0.1) is 36.6 Å². The smallest absolute Gasteiger partial charge is 0.278 e. The highest BCUT2D eigenvalue weighted by Crippen LogP contribution is 2.33. The summed E-state index contributed by atoms with van der Waals surface area (Å²) in [4.78, 5) is 15.0. The number of hydrazone groups is 1. The van der Waals surface area contributed by atoms with Crippen molar-refractivity contribution in [2.75, 3.05) is 19.6 Å². The number of benzene rings is 2. The van der Waals surface area contributed by atoms with Crippen LogP contribution in [-0.2, 0) is 0 Å². The minimum absolute atomic E-state index is 0.00629. The Hall–Kier alpha value is -3.46. The Morgan fingerprint density at radius 2 is 1.96 bits per heavy atom. The number of nitro groups is 1. The van der Waals surface area contributed by atoms with E-state index in [2.05, 4.69) is 15.5 Å². The standard InChI is InChI=1S/C18H16N4O4S/c1-25-16-8-7-12(9-17(16)26-2)14-11-27-18(20-14)21-19-10-13-5-3-4-6-15(13)22(23)24/h3-11H,1-2H3,(H,20,21)/b19-10-. The lowest BCUT2D eigenvalue weighted by molar-refractivity contribution is -0.385. The lowest BCUT2D eigenvalue weighted by atomic mass is 10.1. The van der Waals surface area contributed by atoms with Gasteiger partial charge in [-0.3, -0.25) is 15.5 Å². The molecule has 8 nitrogen and oxygen atoms in total. The van der Waals surface area contributed by atoms with Crippen LogP contribution < -0.4 is 14.9 Å². The molecule has 138 valence electrons. The predicted molar refractivity (Wildman–Crippen MR) is 105 cm³/mol. The van der Waals surface area contributed by atoms with Gasteiger partial charge in [0.1, 0.15) is 0 Å². The van der Waals surface area contributed by atoms with Gasteiger partial charge in [-0.05, 0) is 24.3 Å². The number of nitrogens with zero attached hydrogens (tertiary/aromatic N) is 3. The van der Waals surface area contributed by atoms with Gasteiger partial charge in [0.15, 0.2) is 11.5 Å². The average Bonchev–Trinajstić information content (AvgIpc) is 3.16. The van der Waals surface area contributed by atoms with Crippen molar-refractivity contribution < 1.29 is 14.4 Å². The predicted octanol–water partition coefficient (Wildman–Crippen LogP) is 4.18. The van der Waals surface area contributed by atoms with E-state index < -0.39 is 4.92 Å².